The second kappa shape index (κ2) is 2.93. The summed E-state index contributed by atoms with van der Waals surface area (Å²) >= 11 is 8.99. The summed E-state index contributed by atoms with van der Waals surface area (Å²) in [5.74, 6) is 0.684. The summed E-state index contributed by atoms with van der Waals surface area (Å²) in [6.45, 7) is 4.19. The van der Waals surface area contributed by atoms with E-state index in [4.69, 9.17) is 11.6 Å². The van der Waals surface area contributed by atoms with Crippen LogP contribution in [-0.4, -0.2) is 10.2 Å². The SMILES string of the molecule is CCC(C)(Br)CCl. The summed E-state index contributed by atoms with van der Waals surface area (Å²) in [6, 6.07) is 0. The van der Waals surface area contributed by atoms with Crippen molar-refractivity contribution in [1.82, 2.24) is 0 Å². The highest BCUT2D eigenvalue weighted by Crippen LogP contribution is 2.21. The predicted molar refractivity (Wildman–Crippen MR) is 38.3 cm³/mol. The molecule has 0 radical (unpaired) electrons. The zero-order valence-electron chi connectivity index (χ0n) is 4.67. The fourth-order valence-electron chi connectivity index (χ4n) is 0.0945. The van der Waals surface area contributed by atoms with Gasteiger partial charge in [-0.3, -0.25) is 0 Å². The minimum Gasteiger partial charge on any atom is -0.125 e. The Balaban J connectivity index is 3.36. The fraction of sp³-hybridized carbons (Fsp3) is 1.00. The zero-order chi connectivity index (χ0) is 5.91. The Labute approximate surface area is 58.4 Å². The first kappa shape index (κ1) is 7.77. The molecule has 0 N–H and O–H groups in total. The van der Waals surface area contributed by atoms with Gasteiger partial charge in [-0.25, -0.2) is 0 Å². The van der Waals surface area contributed by atoms with E-state index in [1.165, 1.54) is 0 Å². The number of halogens is 2. The molecule has 1 atom stereocenters. The number of hydrogen-bond acceptors (Lipinski definition) is 0. The van der Waals surface area contributed by atoms with Gasteiger partial charge in [-0.1, -0.05) is 22.9 Å². The molecule has 0 heterocycles. The van der Waals surface area contributed by atoms with E-state index < -0.39 is 0 Å². The maximum atomic E-state index is 5.55. The van der Waals surface area contributed by atoms with Crippen molar-refractivity contribution in [1.29, 1.82) is 0 Å². The Bertz CT molecular complexity index is 46.0. The van der Waals surface area contributed by atoms with Crippen LogP contribution in [-0.2, 0) is 0 Å². The van der Waals surface area contributed by atoms with Gasteiger partial charge in [0.05, 0.1) is 0 Å². The van der Waals surface area contributed by atoms with Crippen LogP contribution in [0.15, 0.2) is 0 Å². The molecule has 7 heavy (non-hydrogen) atoms. The van der Waals surface area contributed by atoms with E-state index in [0.717, 1.165) is 6.42 Å². The lowest BCUT2D eigenvalue weighted by Crippen LogP contribution is -2.14. The topological polar surface area (TPSA) is 0 Å². The van der Waals surface area contributed by atoms with Gasteiger partial charge < -0.3 is 0 Å². The van der Waals surface area contributed by atoms with Crippen molar-refractivity contribution in [2.45, 2.75) is 24.6 Å². The Morgan fingerprint density at radius 3 is 2.14 bits per heavy atom. The Kier molecular flexibility index (Phi) is 3.25. The van der Waals surface area contributed by atoms with Crippen LogP contribution < -0.4 is 0 Å². The normalized spacial score (nSPS) is 18.9. The smallest absolute Gasteiger partial charge is 0.0374 e. The molecule has 0 aromatic rings. The van der Waals surface area contributed by atoms with Crippen LogP contribution in [0, 0.1) is 0 Å². The van der Waals surface area contributed by atoms with Gasteiger partial charge in [0.25, 0.3) is 0 Å². The molecule has 0 aliphatic heterocycles. The average Bonchev–Trinajstić information content (AvgIpc) is 1.68. The van der Waals surface area contributed by atoms with Gasteiger partial charge in [0.1, 0.15) is 0 Å². The summed E-state index contributed by atoms with van der Waals surface area (Å²) in [4.78, 5) is 0. The van der Waals surface area contributed by atoms with Crippen molar-refractivity contribution >= 4 is 27.5 Å². The van der Waals surface area contributed by atoms with E-state index in [0.29, 0.717) is 5.88 Å². The van der Waals surface area contributed by atoms with Crippen LogP contribution in [0.4, 0.5) is 0 Å². The number of alkyl halides is 2. The van der Waals surface area contributed by atoms with Gasteiger partial charge >= 0.3 is 0 Å². The van der Waals surface area contributed by atoms with Gasteiger partial charge in [-0.2, -0.15) is 0 Å². The van der Waals surface area contributed by atoms with Crippen molar-refractivity contribution in [2.24, 2.45) is 0 Å². The number of hydrogen-bond donors (Lipinski definition) is 0. The van der Waals surface area contributed by atoms with Gasteiger partial charge in [0, 0.05) is 10.2 Å². The lowest BCUT2D eigenvalue weighted by molar-refractivity contribution is 0.707. The van der Waals surface area contributed by atoms with Crippen molar-refractivity contribution in [2.75, 3.05) is 5.88 Å². The molecule has 0 nitrogen and oxygen atoms in total. The Hall–Kier alpha value is 0.770. The third kappa shape index (κ3) is 3.36. The van der Waals surface area contributed by atoms with E-state index in [1.54, 1.807) is 0 Å². The molecule has 0 fully saturated rings. The van der Waals surface area contributed by atoms with Gasteiger partial charge in [-0.15, -0.1) is 11.6 Å². The van der Waals surface area contributed by atoms with Crippen LogP contribution in [0.2, 0.25) is 0 Å². The minimum atomic E-state index is 0.161. The largest absolute Gasteiger partial charge is 0.125 e. The molecule has 0 amide bonds. The highest BCUT2D eigenvalue weighted by molar-refractivity contribution is 9.10. The van der Waals surface area contributed by atoms with Gasteiger partial charge in [0.2, 0.25) is 0 Å². The van der Waals surface area contributed by atoms with Crippen LogP contribution in [0.1, 0.15) is 20.3 Å². The molecule has 0 saturated heterocycles. The quantitative estimate of drug-likeness (QED) is 0.581. The lowest BCUT2D eigenvalue weighted by atomic mass is 10.2. The van der Waals surface area contributed by atoms with Gasteiger partial charge in [-0.05, 0) is 13.3 Å². The minimum absolute atomic E-state index is 0.161. The first-order valence-corrected chi connectivity index (χ1v) is 3.70. The average molecular weight is 185 g/mol. The molecule has 0 aromatic heterocycles. The van der Waals surface area contributed by atoms with Crippen molar-refractivity contribution in [3.05, 3.63) is 0 Å². The van der Waals surface area contributed by atoms with Crippen LogP contribution in [0.3, 0.4) is 0 Å². The van der Waals surface area contributed by atoms with E-state index in [1.807, 2.05) is 0 Å². The summed E-state index contributed by atoms with van der Waals surface area (Å²) < 4.78 is 0.161. The lowest BCUT2D eigenvalue weighted by Gasteiger charge is -2.14. The Morgan fingerprint density at radius 1 is 1.71 bits per heavy atom. The zero-order valence-corrected chi connectivity index (χ0v) is 7.01. The number of rotatable bonds is 2. The second-order valence-corrected chi connectivity index (χ2v) is 4.08. The van der Waals surface area contributed by atoms with Crippen LogP contribution in [0.5, 0.6) is 0 Å². The van der Waals surface area contributed by atoms with Crippen molar-refractivity contribution < 1.29 is 0 Å². The molecule has 0 aliphatic rings. The summed E-state index contributed by atoms with van der Waals surface area (Å²) in [7, 11) is 0. The van der Waals surface area contributed by atoms with E-state index in [9.17, 15) is 0 Å². The monoisotopic (exact) mass is 184 g/mol. The van der Waals surface area contributed by atoms with E-state index in [2.05, 4.69) is 29.8 Å². The first-order chi connectivity index (χ1) is 3.12. The first-order valence-electron chi connectivity index (χ1n) is 2.37. The molecule has 2 heteroatoms. The summed E-state index contributed by atoms with van der Waals surface area (Å²) in [5.41, 5.74) is 0. The standard InChI is InChI=1S/C5H10BrCl/c1-3-5(2,6)4-7/h3-4H2,1-2H3. The predicted octanol–water partition coefficient (Wildman–Crippen LogP) is 2.79. The molecule has 44 valence electrons. The van der Waals surface area contributed by atoms with E-state index in [-0.39, 0.29) is 4.32 Å². The fourth-order valence-corrected chi connectivity index (χ4v) is 0.283. The van der Waals surface area contributed by atoms with E-state index >= 15 is 0 Å². The molecule has 0 spiro atoms. The molecule has 0 saturated carbocycles. The highest BCUT2D eigenvalue weighted by atomic mass is 79.9. The third-order valence-electron chi connectivity index (χ3n) is 1.02. The molecule has 1 unspecified atom stereocenters. The maximum absolute atomic E-state index is 5.55. The van der Waals surface area contributed by atoms with Crippen LogP contribution >= 0.6 is 27.5 Å². The summed E-state index contributed by atoms with van der Waals surface area (Å²) in [5, 5.41) is 0. The molecular formula is C5H10BrCl. The summed E-state index contributed by atoms with van der Waals surface area (Å²) in [6.07, 6.45) is 1.08. The molecule has 0 rings (SSSR count). The molecular weight excluding hydrogens is 175 g/mol. The van der Waals surface area contributed by atoms with Gasteiger partial charge in [0.15, 0.2) is 0 Å². The highest BCUT2D eigenvalue weighted by Gasteiger charge is 2.14. The molecule has 0 aromatic carbocycles. The molecule has 0 bridgehead atoms. The van der Waals surface area contributed by atoms with Crippen molar-refractivity contribution in [3.8, 4) is 0 Å². The third-order valence-corrected chi connectivity index (χ3v) is 2.77. The Morgan fingerprint density at radius 2 is 2.14 bits per heavy atom. The second-order valence-electron chi connectivity index (χ2n) is 1.90. The van der Waals surface area contributed by atoms with Crippen LogP contribution in [0.25, 0.3) is 0 Å². The van der Waals surface area contributed by atoms with Crippen molar-refractivity contribution in [3.63, 3.8) is 0 Å². The molecule has 0 aliphatic carbocycles. The maximum Gasteiger partial charge on any atom is 0.0374 e.